The Balaban J connectivity index is 1.50. The lowest BCUT2D eigenvalue weighted by atomic mass is 10.2. The van der Waals surface area contributed by atoms with Gasteiger partial charge in [0.05, 0.1) is 36.9 Å². The smallest absolute Gasteiger partial charge is 0.278 e. The summed E-state index contributed by atoms with van der Waals surface area (Å²) in [5.41, 5.74) is 4.63. The predicted octanol–water partition coefficient (Wildman–Crippen LogP) is 5.71. The summed E-state index contributed by atoms with van der Waals surface area (Å²) >= 11 is 2.73. The van der Waals surface area contributed by atoms with Gasteiger partial charge in [-0.2, -0.15) is 5.10 Å². The Labute approximate surface area is 183 Å². The summed E-state index contributed by atoms with van der Waals surface area (Å²) in [5.74, 6) is 0. The van der Waals surface area contributed by atoms with E-state index in [-0.39, 0.29) is 11.4 Å². The third-order valence-corrected chi connectivity index (χ3v) is 6.30. The van der Waals surface area contributed by atoms with E-state index in [1.54, 1.807) is 12.1 Å². The Morgan fingerprint density at radius 3 is 2.48 bits per heavy atom. The summed E-state index contributed by atoms with van der Waals surface area (Å²) in [6, 6.07) is 18.3. The topological polar surface area (TPSA) is 124 Å². The van der Waals surface area contributed by atoms with Crippen LogP contribution >= 0.6 is 23.1 Å². The van der Waals surface area contributed by atoms with E-state index < -0.39 is 9.85 Å². The van der Waals surface area contributed by atoms with E-state index in [2.05, 4.69) is 15.5 Å². The quantitative estimate of drug-likeness (QED) is 0.217. The van der Waals surface area contributed by atoms with Gasteiger partial charge in [0.2, 0.25) is 0 Å². The lowest BCUT2D eigenvalue weighted by molar-refractivity contribution is -0.387. The first-order valence-electron chi connectivity index (χ1n) is 8.85. The molecule has 0 aliphatic carbocycles. The van der Waals surface area contributed by atoms with Crippen LogP contribution in [-0.4, -0.2) is 21.0 Å². The Hall–Kier alpha value is -3.83. The maximum atomic E-state index is 11.6. The number of benzene rings is 3. The van der Waals surface area contributed by atoms with Crippen molar-refractivity contribution in [1.82, 2.24) is 4.98 Å². The van der Waals surface area contributed by atoms with Gasteiger partial charge < -0.3 is 0 Å². The SMILES string of the molecule is O=[N+]([O-])c1ccc(N/N=C/c2ccc(Sc3nc4ccccc4s3)c([N+](=O)[O-])c2)cc1. The Morgan fingerprint density at radius 1 is 1.00 bits per heavy atom. The molecule has 0 unspecified atom stereocenters. The summed E-state index contributed by atoms with van der Waals surface area (Å²) in [6.07, 6.45) is 1.44. The number of aromatic nitrogens is 1. The first-order valence-corrected chi connectivity index (χ1v) is 10.5. The van der Waals surface area contributed by atoms with Crippen LogP contribution in [0.3, 0.4) is 0 Å². The molecule has 0 bridgehead atoms. The second-order valence-corrected chi connectivity index (χ2v) is 8.53. The molecule has 0 aliphatic rings. The molecular weight excluding hydrogens is 438 g/mol. The maximum Gasteiger partial charge on any atom is 0.283 e. The molecule has 0 atom stereocenters. The lowest BCUT2D eigenvalue weighted by Crippen LogP contribution is -1.95. The minimum Gasteiger partial charge on any atom is -0.278 e. The highest BCUT2D eigenvalue weighted by molar-refractivity contribution is 8.01. The largest absolute Gasteiger partial charge is 0.283 e. The average Bonchev–Trinajstić information content (AvgIpc) is 3.17. The fourth-order valence-corrected chi connectivity index (χ4v) is 4.78. The number of para-hydroxylation sites is 1. The summed E-state index contributed by atoms with van der Waals surface area (Å²) in [4.78, 5) is 26.3. The molecule has 0 fully saturated rings. The number of fused-ring (bicyclic) bond motifs is 1. The molecule has 3 aromatic carbocycles. The van der Waals surface area contributed by atoms with Crippen molar-refractivity contribution in [3.05, 3.63) is 92.5 Å². The molecule has 154 valence electrons. The van der Waals surface area contributed by atoms with Crippen molar-refractivity contribution < 1.29 is 9.85 Å². The molecule has 1 aromatic heterocycles. The fourth-order valence-electron chi connectivity index (χ4n) is 2.67. The standard InChI is InChI=1S/C20H13N5O4S2/c26-24(27)15-8-6-14(7-9-15)23-21-12-13-5-10-19(17(11-13)25(28)29)31-20-22-16-3-1-2-4-18(16)30-20/h1-12,23H/b21-12+. The molecule has 11 heteroatoms. The third kappa shape index (κ3) is 4.85. The van der Waals surface area contributed by atoms with Gasteiger partial charge in [0.15, 0.2) is 4.34 Å². The average molecular weight is 451 g/mol. The molecule has 0 radical (unpaired) electrons. The number of hydrogen-bond donors (Lipinski definition) is 1. The molecule has 4 rings (SSSR count). The first kappa shape index (κ1) is 20.4. The van der Waals surface area contributed by atoms with Crippen molar-refractivity contribution >= 4 is 56.6 Å². The number of thiazole rings is 1. The number of hydrogen-bond acceptors (Lipinski definition) is 9. The van der Waals surface area contributed by atoms with Crippen molar-refractivity contribution in [3.63, 3.8) is 0 Å². The van der Waals surface area contributed by atoms with Gasteiger partial charge in [0.1, 0.15) is 0 Å². The van der Waals surface area contributed by atoms with Crippen molar-refractivity contribution in [1.29, 1.82) is 0 Å². The maximum absolute atomic E-state index is 11.6. The minimum absolute atomic E-state index is 0.0219. The summed E-state index contributed by atoms with van der Waals surface area (Å²) < 4.78 is 1.75. The first-order chi connectivity index (χ1) is 15.0. The van der Waals surface area contributed by atoms with Crippen LogP contribution in [0.25, 0.3) is 10.2 Å². The molecule has 31 heavy (non-hydrogen) atoms. The third-order valence-electron chi connectivity index (χ3n) is 4.14. The number of hydrazone groups is 1. The van der Waals surface area contributed by atoms with Crippen LogP contribution < -0.4 is 5.43 Å². The van der Waals surface area contributed by atoms with E-state index in [0.717, 1.165) is 14.6 Å². The normalized spacial score (nSPS) is 11.1. The Morgan fingerprint density at radius 2 is 1.77 bits per heavy atom. The highest BCUT2D eigenvalue weighted by Crippen LogP contribution is 2.38. The zero-order chi connectivity index (χ0) is 21.8. The van der Waals surface area contributed by atoms with Crippen LogP contribution in [0.2, 0.25) is 0 Å². The number of anilines is 1. The van der Waals surface area contributed by atoms with Crippen molar-refractivity contribution in [2.75, 3.05) is 5.43 Å². The van der Waals surface area contributed by atoms with Crippen LogP contribution in [0.15, 0.2) is 81.1 Å². The Kier molecular flexibility index (Phi) is 5.87. The number of nitrogens with zero attached hydrogens (tertiary/aromatic N) is 4. The minimum atomic E-state index is -0.486. The van der Waals surface area contributed by atoms with E-state index in [1.165, 1.54) is 59.6 Å². The van der Waals surface area contributed by atoms with Gasteiger partial charge in [0.25, 0.3) is 11.4 Å². The van der Waals surface area contributed by atoms with Gasteiger partial charge in [-0.25, -0.2) is 4.98 Å². The number of rotatable bonds is 7. The van der Waals surface area contributed by atoms with Gasteiger partial charge >= 0.3 is 0 Å². The fraction of sp³-hybridized carbons (Fsp3) is 0. The van der Waals surface area contributed by atoms with Gasteiger partial charge in [-0.3, -0.25) is 25.7 Å². The molecule has 4 aromatic rings. The van der Waals surface area contributed by atoms with Crippen LogP contribution in [0.5, 0.6) is 0 Å². The number of nitro benzene ring substituents is 2. The van der Waals surface area contributed by atoms with Crippen LogP contribution in [-0.2, 0) is 0 Å². The molecule has 0 saturated heterocycles. The van der Waals surface area contributed by atoms with Crippen molar-refractivity contribution in [2.24, 2.45) is 5.10 Å². The van der Waals surface area contributed by atoms with Crippen LogP contribution in [0.1, 0.15) is 5.56 Å². The molecule has 0 spiro atoms. The number of non-ortho nitro benzene ring substituents is 1. The zero-order valence-electron chi connectivity index (χ0n) is 15.7. The second-order valence-electron chi connectivity index (χ2n) is 6.21. The zero-order valence-corrected chi connectivity index (χ0v) is 17.3. The van der Waals surface area contributed by atoms with Gasteiger partial charge in [0, 0.05) is 23.8 Å². The monoisotopic (exact) mass is 451 g/mol. The predicted molar refractivity (Wildman–Crippen MR) is 121 cm³/mol. The molecule has 9 nitrogen and oxygen atoms in total. The van der Waals surface area contributed by atoms with Crippen LogP contribution in [0, 0.1) is 20.2 Å². The van der Waals surface area contributed by atoms with Gasteiger partial charge in [-0.1, -0.05) is 30.0 Å². The van der Waals surface area contributed by atoms with Gasteiger partial charge in [-0.05, 0) is 30.3 Å². The molecule has 1 heterocycles. The van der Waals surface area contributed by atoms with E-state index in [1.807, 2.05) is 24.3 Å². The number of nitro groups is 2. The van der Waals surface area contributed by atoms with E-state index in [9.17, 15) is 20.2 Å². The summed E-state index contributed by atoms with van der Waals surface area (Å²) in [6.45, 7) is 0. The molecular formula is C20H13N5O4S2. The Bertz CT molecular complexity index is 1270. The summed E-state index contributed by atoms with van der Waals surface area (Å²) in [5, 5.41) is 26.3. The van der Waals surface area contributed by atoms with Crippen LogP contribution in [0.4, 0.5) is 17.1 Å². The molecule has 0 aliphatic heterocycles. The lowest BCUT2D eigenvalue weighted by Gasteiger charge is -2.02. The highest BCUT2D eigenvalue weighted by Gasteiger charge is 2.17. The van der Waals surface area contributed by atoms with E-state index in [0.29, 0.717) is 16.1 Å². The summed E-state index contributed by atoms with van der Waals surface area (Å²) in [7, 11) is 0. The van der Waals surface area contributed by atoms with Gasteiger partial charge in [-0.15, -0.1) is 11.3 Å². The van der Waals surface area contributed by atoms with E-state index in [4.69, 9.17) is 0 Å². The molecule has 1 N–H and O–H groups in total. The molecule has 0 amide bonds. The highest BCUT2D eigenvalue weighted by atomic mass is 32.2. The number of nitrogens with one attached hydrogen (secondary N) is 1. The van der Waals surface area contributed by atoms with Crippen molar-refractivity contribution in [2.45, 2.75) is 9.24 Å². The van der Waals surface area contributed by atoms with E-state index >= 15 is 0 Å². The van der Waals surface area contributed by atoms with Crippen molar-refractivity contribution in [3.8, 4) is 0 Å². The molecule has 0 saturated carbocycles. The second kappa shape index (κ2) is 8.90.